The molecule has 112 valence electrons. The molecule has 0 radical (unpaired) electrons. The first kappa shape index (κ1) is 14.1. The van der Waals surface area contributed by atoms with Gasteiger partial charge in [0.25, 0.3) is 5.91 Å². The number of nitrogens with zero attached hydrogens (tertiary/aromatic N) is 2. The van der Waals surface area contributed by atoms with E-state index in [-0.39, 0.29) is 11.9 Å². The third-order valence-electron chi connectivity index (χ3n) is 4.13. The summed E-state index contributed by atoms with van der Waals surface area (Å²) in [5.74, 6) is 0.0928. The number of fused-ring (bicyclic) bond motifs is 1. The molecule has 21 heavy (non-hydrogen) atoms. The minimum absolute atomic E-state index is 0.0928. The van der Waals surface area contributed by atoms with E-state index in [1.165, 1.54) is 6.42 Å². The molecular weight excluding hydrogens is 264 g/mol. The van der Waals surface area contributed by atoms with Crippen LogP contribution in [0.5, 0.6) is 0 Å². The van der Waals surface area contributed by atoms with Crippen LogP contribution in [0.25, 0.3) is 11.0 Å². The number of carbonyl (C=O) groups is 1. The van der Waals surface area contributed by atoms with Crippen molar-refractivity contribution in [1.29, 1.82) is 0 Å². The van der Waals surface area contributed by atoms with Crippen molar-refractivity contribution in [2.24, 2.45) is 0 Å². The van der Waals surface area contributed by atoms with E-state index >= 15 is 0 Å². The highest BCUT2D eigenvalue weighted by molar-refractivity contribution is 5.97. The predicted octanol–water partition coefficient (Wildman–Crippen LogP) is 2.17. The Morgan fingerprint density at radius 1 is 1.48 bits per heavy atom. The van der Waals surface area contributed by atoms with Gasteiger partial charge in [0.15, 0.2) is 0 Å². The number of H-pyrrole nitrogens is 1. The van der Waals surface area contributed by atoms with Gasteiger partial charge in [0.05, 0.1) is 17.4 Å². The van der Waals surface area contributed by atoms with Crippen LogP contribution < -0.4 is 5.32 Å². The summed E-state index contributed by atoms with van der Waals surface area (Å²) < 4.78 is 0. The maximum absolute atomic E-state index is 12.8. The summed E-state index contributed by atoms with van der Waals surface area (Å²) in [6, 6.07) is 6.26. The van der Waals surface area contributed by atoms with Gasteiger partial charge in [-0.2, -0.15) is 0 Å². The van der Waals surface area contributed by atoms with Crippen molar-refractivity contribution in [2.45, 2.75) is 38.8 Å². The average molecular weight is 286 g/mol. The maximum atomic E-state index is 12.8. The fourth-order valence-corrected chi connectivity index (χ4v) is 2.91. The Balaban J connectivity index is 1.81. The minimum atomic E-state index is 0.0928. The lowest BCUT2D eigenvalue weighted by atomic mass is 10.1. The molecule has 2 heterocycles. The van der Waals surface area contributed by atoms with Gasteiger partial charge in [0.2, 0.25) is 0 Å². The van der Waals surface area contributed by atoms with Crippen LogP contribution >= 0.6 is 0 Å². The van der Waals surface area contributed by atoms with Gasteiger partial charge in [-0.25, -0.2) is 4.98 Å². The first-order valence-electron chi connectivity index (χ1n) is 7.62. The lowest BCUT2D eigenvalue weighted by Crippen LogP contribution is -2.44. The summed E-state index contributed by atoms with van der Waals surface area (Å²) in [4.78, 5) is 22.0. The van der Waals surface area contributed by atoms with Gasteiger partial charge in [0, 0.05) is 24.2 Å². The molecule has 1 fully saturated rings. The predicted molar refractivity (Wildman–Crippen MR) is 83.3 cm³/mol. The Morgan fingerprint density at radius 3 is 3.05 bits per heavy atom. The molecule has 0 spiro atoms. The summed E-state index contributed by atoms with van der Waals surface area (Å²) >= 11 is 0. The van der Waals surface area contributed by atoms with Crippen LogP contribution in [0.15, 0.2) is 24.5 Å². The normalized spacial score (nSPS) is 18.5. The lowest BCUT2D eigenvalue weighted by molar-refractivity contribution is 0.0689. The average Bonchev–Trinajstić information content (AvgIpc) is 3.14. The van der Waals surface area contributed by atoms with Crippen LogP contribution in [-0.2, 0) is 0 Å². The van der Waals surface area contributed by atoms with Crippen LogP contribution in [0.3, 0.4) is 0 Å². The second-order valence-electron chi connectivity index (χ2n) is 5.98. The third-order valence-corrected chi connectivity index (χ3v) is 4.13. The second kappa shape index (κ2) is 5.85. The molecule has 2 aromatic rings. The van der Waals surface area contributed by atoms with Crippen molar-refractivity contribution in [3.63, 3.8) is 0 Å². The van der Waals surface area contributed by atoms with E-state index in [9.17, 15) is 4.79 Å². The fraction of sp³-hybridized carbons (Fsp3) is 0.500. The van der Waals surface area contributed by atoms with E-state index in [0.717, 1.165) is 36.1 Å². The van der Waals surface area contributed by atoms with E-state index in [1.54, 1.807) is 6.33 Å². The highest BCUT2D eigenvalue weighted by Crippen LogP contribution is 2.16. The second-order valence-corrected chi connectivity index (χ2v) is 5.98. The standard InChI is InChI=1S/C16H22N4O/c1-11(2)20(9-13-4-3-7-17-13)16(21)12-5-6-14-15(8-12)19-10-18-14/h5-6,8,10-11,13,17H,3-4,7,9H2,1-2H3,(H,18,19). The summed E-state index contributed by atoms with van der Waals surface area (Å²) in [6.45, 7) is 5.98. The fourth-order valence-electron chi connectivity index (χ4n) is 2.91. The van der Waals surface area contributed by atoms with Gasteiger partial charge in [-0.15, -0.1) is 0 Å². The number of rotatable bonds is 4. The SMILES string of the molecule is CC(C)N(CC1CCCN1)C(=O)c1ccc2nc[nH]c2c1. The summed E-state index contributed by atoms with van der Waals surface area (Å²) in [7, 11) is 0. The van der Waals surface area contributed by atoms with Crippen molar-refractivity contribution < 1.29 is 4.79 Å². The summed E-state index contributed by atoms with van der Waals surface area (Å²) in [5, 5.41) is 3.46. The smallest absolute Gasteiger partial charge is 0.254 e. The van der Waals surface area contributed by atoms with Crippen LogP contribution in [0.1, 0.15) is 37.0 Å². The number of amides is 1. The number of hydrogen-bond acceptors (Lipinski definition) is 3. The van der Waals surface area contributed by atoms with Crippen molar-refractivity contribution in [3.8, 4) is 0 Å². The molecule has 1 amide bonds. The highest BCUT2D eigenvalue weighted by atomic mass is 16.2. The van der Waals surface area contributed by atoms with E-state index in [0.29, 0.717) is 6.04 Å². The van der Waals surface area contributed by atoms with Crippen molar-refractivity contribution in [1.82, 2.24) is 20.2 Å². The Morgan fingerprint density at radius 2 is 2.33 bits per heavy atom. The molecule has 3 rings (SSSR count). The van der Waals surface area contributed by atoms with Crippen LogP contribution in [0.4, 0.5) is 0 Å². The minimum Gasteiger partial charge on any atom is -0.345 e. The van der Waals surface area contributed by atoms with Gasteiger partial charge < -0.3 is 15.2 Å². The summed E-state index contributed by atoms with van der Waals surface area (Å²) in [6.07, 6.45) is 4.00. The largest absolute Gasteiger partial charge is 0.345 e. The molecule has 2 N–H and O–H groups in total. The quantitative estimate of drug-likeness (QED) is 0.905. The van der Waals surface area contributed by atoms with Crippen molar-refractivity contribution in [2.75, 3.05) is 13.1 Å². The number of imidazole rings is 1. The number of aromatic amines is 1. The zero-order valence-electron chi connectivity index (χ0n) is 12.6. The Bertz CT molecular complexity index is 628. The molecule has 1 aromatic heterocycles. The molecule has 0 bridgehead atoms. The van der Waals surface area contributed by atoms with Crippen molar-refractivity contribution in [3.05, 3.63) is 30.1 Å². The number of carbonyl (C=O) groups excluding carboxylic acids is 1. The van der Waals surface area contributed by atoms with Crippen molar-refractivity contribution >= 4 is 16.9 Å². The van der Waals surface area contributed by atoms with E-state index < -0.39 is 0 Å². The topological polar surface area (TPSA) is 61.0 Å². The molecule has 1 unspecified atom stereocenters. The molecule has 0 aliphatic carbocycles. The van der Waals surface area contributed by atoms with Gasteiger partial charge in [-0.05, 0) is 51.4 Å². The van der Waals surface area contributed by atoms with Crippen LogP contribution in [-0.4, -0.2) is 45.9 Å². The first-order valence-corrected chi connectivity index (χ1v) is 7.62. The van der Waals surface area contributed by atoms with Gasteiger partial charge in [-0.1, -0.05) is 0 Å². The van der Waals surface area contributed by atoms with E-state index in [1.807, 2.05) is 23.1 Å². The maximum Gasteiger partial charge on any atom is 0.254 e. The first-order chi connectivity index (χ1) is 10.1. The lowest BCUT2D eigenvalue weighted by Gasteiger charge is -2.29. The molecule has 5 nitrogen and oxygen atoms in total. The molecular formula is C16H22N4O. The number of aromatic nitrogens is 2. The van der Waals surface area contributed by atoms with E-state index in [2.05, 4.69) is 29.1 Å². The molecule has 1 saturated heterocycles. The zero-order chi connectivity index (χ0) is 14.8. The Kier molecular flexibility index (Phi) is 3.92. The van der Waals surface area contributed by atoms with Gasteiger partial charge >= 0.3 is 0 Å². The Labute approximate surface area is 124 Å². The molecule has 1 aliphatic rings. The molecule has 1 atom stereocenters. The molecule has 1 aromatic carbocycles. The summed E-state index contributed by atoms with van der Waals surface area (Å²) in [5.41, 5.74) is 2.52. The van der Waals surface area contributed by atoms with E-state index in [4.69, 9.17) is 0 Å². The highest BCUT2D eigenvalue weighted by Gasteiger charge is 2.24. The zero-order valence-corrected chi connectivity index (χ0v) is 12.6. The molecule has 5 heteroatoms. The third kappa shape index (κ3) is 2.93. The van der Waals surface area contributed by atoms with Crippen LogP contribution in [0, 0.1) is 0 Å². The Hall–Kier alpha value is -1.88. The monoisotopic (exact) mass is 286 g/mol. The molecule has 0 saturated carbocycles. The van der Waals surface area contributed by atoms with Gasteiger partial charge in [0.1, 0.15) is 0 Å². The number of nitrogens with one attached hydrogen (secondary N) is 2. The molecule has 1 aliphatic heterocycles. The number of hydrogen-bond donors (Lipinski definition) is 2. The number of benzene rings is 1. The van der Waals surface area contributed by atoms with Crippen LogP contribution in [0.2, 0.25) is 0 Å². The van der Waals surface area contributed by atoms with Gasteiger partial charge in [-0.3, -0.25) is 4.79 Å².